The van der Waals surface area contributed by atoms with Crippen LogP contribution in [-0.4, -0.2) is 86.6 Å². The van der Waals surface area contributed by atoms with E-state index < -0.39 is 11.9 Å². The molecule has 0 radical (unpaired) electrons. The van der Waals surface area contributed by atoms with Crippen molar-refractivity contribution in [1.82, 2.24) is 4.90 Å². The van der Waals surface area contributed by atoms with Gasteiger partial charge in [-0.25, -0.2) is 9.59 Å². The van der Waals surface area contributed by atoms with Gasteiger partial charge in [0.15, 0.2) is 0 Å². The second-order valence-corrected chi connectivity index (χ2v) is 8.08. The summed E-state index contributed by atoms with van der Waals surface area (Å²) >= 11 is 0. The van der Waals surface area contributed by atoms with Crippen molar-refractivity contribution in [3.63, 3.8) is 0 Å². The smallest absolute Gasteiger partial charge is 0.330 e. The molecule has 0 unspecified atom stereocenters. The minimum absolute atomic E-state index is 0.0947. The topological polar surface area (TPSA) is 129 Å². The van der Waals surface area contributed by atoms with Crippen molar-refractivity contribution in [1.29, 1.82) is 0 Å². The Bertz CT molecular complexity index is 601. The Morgan fingerprint density at radius 1 is 0.583 bits per heavy atom. The van der Waals surface area contributed by atoms with Gasteiger partial charge in [-0.05, 0) is 57.9 Å². The highest BCUT2D eigenvalue weighted by atomic mass is 16.5. The summed E-state index contributed by atoms with van der Waals surface area (Å²) in [6.45, 7) is 9.57. The lowest BCUT2D eigenvalue weighted by atomic mass is 10.2. The predicted molar refractivity (Wildman–Crippen MR) is 134 cm³/mol. The zero-order valence-electron chi connectivity index (χ0n) is 21.5. The fraction of sp³-hybridized carbons (Fsp3) is 0.692. The van der Waals surface area contributed by atoms with Gasteiger partial charge >= 0.3 is 23.9 Å². The molecule has 0 rings (SSSR count). The first-order valence-corrected chi connectivity index (χ1v) is 12.7. The molecule has 206 valence electrons. The Balaban J connectivity index is 4.01. The van der Waals surface area contributed by atoms with Gasteiger partial charge in [0.25, 0.3) is 0 Å². The molecule has 0 aliphatic rings. The van der Waals surface area contributed by atoms with Crippen LogP contribution < -0.4 is 0 Å². The molecule has 0 saturated heterocycles. The van der Waals surface area contributed by atoms with Gasteiger partial charge in [0.05, 0.1) is 39.3 Å². The quantitative estimate of drug-likeness (QED) is 0.0890. The Hall–Kier alpha value is -2.72. The molecular formula is C26H43NO9. The van der Waals surface area contributed by atoms with Gasteiger partial charge in [-0.1, -0.05) is 13.2 Å². The molecular weight excluding hydrogens is 470 g/mol. The highest BCUT2D eigenvalue weighted by Crippen LogP contribution is 2.04. The zero-order chi connectivity index (χ0) is 26.9. The van der Waals surface area contributed by atoms with Crippen molar-refractivity contribution >= 4 is 23.9 Å². The fourth-order valence-electron chi connectivity index (χ4n) is 3.02. The molecule has 0 bridgehead atoms. The van der Waals surface area contributed by atoms with E-state index in [-0.39, 0.29) is 31.4 Å². The molecule has 0 heterocycles. The van der Waals surface area contributed by atoms with E-state index in [1.54, 1.807) is 0 Å². The maximum absolute atomic E-state index is 12.0. The van der Waals surface area contributed by atoms with Gasteiger partial charge in [0.1, 0.15) is 0 Å². The molecule has 0 amide bonds. The highest BCUT2D eigenvalue weighted by Gasteiger charge is 2.12. The molecule has 0 aromatic rings. The Morgan fingerprint density at radius 3 is 1.39 bits per heavy atom. The first kappa shape index (κ1) is 33.3. The number of nitrogens with zero attached hydrogens (tertiary/aromatic N) is 1. The third-order valence-electron chi connectivity index (χ3n) is 5.07. The van der Waals surface area contributed by atoms with Crippen LogP contribution in [0.3, 0.4) is 0 Å². The summed E-state index contributed by atoms with van der Waals surface area (Å²) in [6.07, 6.45) is 8.36. The molecule has 0 aromatic heterocycles. The van der Waals surface area contributed by atoms with Gasteiger partial charge in [-0.3, -0.25) is 9.59 Å². The summed E-state index contributed by atoms with van der Waals surface area (Å²) in [4.78, 5) is 48.0. The Kier molecular flexibility index (Phi) is 22.2. The molecule has 10 nitrogen and oxygen atoms in total. The minimum Gasteiger partial charge on any atom is -0.466 e. The fourth-order valence-corrected chi connectivity index (χ4v) is 3.02. The van der Waals surface area contributed by atoms with E-state index in [9.17, 15) is 19.2 Å². The number of hydrogen-bond acceptors (Lipinski definition) is 10. The molecule has 10 heteroatoms. The van der Waals surface area contributed by atoms with Crippen molar-refractivity contribution in [3.05, 3.63) is 25.3 Å². The molecule has 0 fully saturated rings. The third kappa shape index (κ3) is 21.8. The van der Waals surface area contributed by atoms with Crippen LogP contribution in [0.1, 0.15) is 64.2 Å². The molecule has 1 N–H and O–H groups in total. The minimum atomic E-state index is -0.445. The monoisotopic (exact) mass is 513 g/mol. The first-order chi connectivity index (χ1) is 17.4. The van der Waals surface area contributed by atoms with Gasteiger partial charge < -0.3 is 29.0 Å². The van der Waals surface area contributed by atoms with Crippen LogP contribution in [-0.2, 0) is 38.1 Å². The second kappa shape index (κ2) is 24.0. The molecule has 36 heavy (non-hydrogen) atoms. The largest absolute Gasteiger partial charge is 0.466 e. The normalized spacial score (nSPS) is 10.5. The number of aliphatic hydroxyl groups excluding tert-OH is 1. The third-order valence-corrected chi connectivity index (χ3v) is 5.07. The zero-order valence-corrected chi connectivity index (χ0v) is 21.5. The molecule has 0 spiro atoms. The van der Waals surface area contributed by atoms with Gasteiger partial charge in [-0.15, -0.1) is 0 Å². The summed E-state index contributed by atoms with van der Waals surface area (Å²) in [6, 6.07) is 0. The number of unbranched alkanes of at least 4 members (excludes halogenated alkanes) is 5. The lowest BCUT2D eigenvalue weighted by Gasteiger charge is -2.21. The number of carbonyl (C=O) groups is 4. The lowest BCUT2D eigenvalue weighted by molar-refractivity contribution is -0.144. The van der Waals surface area contributed by atoms with Crippen LogP contribution in [0.2, 0.25) is 0 Å². The summed E-state index contributed by atoms with van der Waals surface area (Å²) in [5.41, 5.74) is 0. The van der Waals surface area contributed by atoms with E-state index in [0.29, 0.717) is 78.2 Å². The predicted octanol–water partition coefficient (Wildman–Crippen LogP) is 2.73. The number of rotatable bonds is 24. The Morgan fingerprint density at radius 2 is 1.00 bits per heavy atom. The summed E-state index contributed by atoms with van der Waals surface area (Å²) in [5.74, 6) is -1.50. The SMILES string of the molecule is C=CC(=O)OCCCCCOC(=O)CCN(CCCCO)CCC(=O)OCCCCCOC(=O)C=C. The van der Waals surface area contributed by atoms with E-state index in [1.165, 1.54) is 0 Å². The Labute approximate surface area is 214 Å². The maximum atomic E-state index is 12.0. The molecule has 0 aromatic carbocycles. The van der Waals surface area contributed by atoms with Crippen molar-refractivity contribution in [3.8, 4) is 0 Å². The van der Waals surface area contributed by atoms with Crippen molar-refractivity contribution in [2.75, 3.05) is 52.7 Å². The molecule has 0 aliphatic heterocycles. The maximum Gasteiger partial charge on any atom is 0.330 e. The van der Waals surface area contributed by atoms with Crippen LogP contribution in [0.15, 0.2) is 25.3 Å². The number of esters is 4. The molecule has 0 aliphatic carbocycles. The van der Waals surface area contributed by atoms with E-state index in [1.807, 2.05) is 4.90 Å². The van der Waals surface area contributed by atoms with E-state index in [2.05, 4.69) is 13.2 Å². The lowest BCUT2D eigenvalue weighted by Crippen LogP contribution is -2.31. The number of hydrogen-bond donors (Lipinski definition) is 1. The van der Waals surface area contributed by atoms with Gasteiger partial charge in [0.2, 0.25) is 0 Å². The number of aliphatic hydroxyl groups is 1. The van der Waals surface area contributed by atoms with Crippen LogP contribution in [0, 0.1) is 0 Å². The summed E-state index contributed by atoms with van der Waals surface area (Å²) in [5, 5.41) is 9.02. The van der Waals surface area contributed by atoms with Gasteiger partial charge in [0, 0.05) is 31.8 Å². The van der Waals surface area contributed by atoms with E-state index in [0.717, 1.165) is 31.4 Å². The average Bonchev–Trinajstić information content (AvgIpc) is 2.88. The summed E-state index contributed by atoms with van der Waals surface area (Å²) in [7, 11) is 0. The van der Waals surface area contributed by atoms with Crippen molar-refractivity contribution in [2.24, 2.45) is 0 Å². The standard InChI is InChI=1S/C26H43NO9/c1-3-23(29)33-19-9-5-11-21-35-25(31)13-16-27(15-7-8-18-28)17-14-26(32)36-22-12-6-10-20-34-24(30)4-2/h3-4,28H,1-2,5-22H2. The first-order valence-electron chi connectivity index (χ1n) is 12.7. The van der Waals surface area contributed by atoms with E-state index in [4.69, 9.17) is 24.1 Å². The van der Waals surface area contributed by atoms with Crippen molar-refractivity contribution < 1.29 is 43.2 Å². The highest BCUT2D eigenvalue weighted by molar-refractivity contribution is 5.81. The van der Waals surface area contributed by atoms with Crippen molar-refractivity contribution in [2.45, 2.75) is 64.2 Å². The van der Waals surface area contributed by atoms with E-state index >= 15 is 0 Å². The van der Waals surface area contributed by atoms with Gasteiger partial charge in [-0.2, -0.15) is 0 Å². The number of carbonyl (C=O) groups excluding carboxylic acids is 4. The van der Waals surface area contributed by atoms with Crippen LogP contribution in [0.25, 0.3) is 0 Å². The van der Waals surface area contributed by atoms with Crippen LogP contribution >= 0.6 is 0 Å². The number of ether oxygens (including phenoxy) is 4. The summed E-state index contributed by atoms with van der Waals surface area (Å²) < 4.78 is 20.3. The van der Waals surface area contributed by atoms with Crippen LogP contribution in [0.4, 0.5) is 0 Å². The molecule has 0 saturated carbocycles. The average molecular weight is 514 g/mol. The van der Waals surface area contributed by atoms with Crippen LogP contribution in [0.5, 0.6) is 0 Å². The second-order valence-electron chi connectivity index (χ2n) is 8.08. The molecule has 0 atom stereocenters.